The fraction of sp³-hybridized carbons (Fsp3) is 0.389. The van der Waals surface area contributed by atoms with Crippen LogP contribution in [0.25, 0.3) is 0 Å². The van der Waals surface area contributed by atoms with Gasteiger partial charge in [0.25, 0.3) is 5.69 Å². The van der Waals surface area contributed by atoms with Crippen molar-refractivity contribution in [3.8, 4) is 0 Å². The topological polar surface area (TPSA) is 103 Å². The van der Waals surface area contributed by atoms with Crippen molar-refractivity contribution in [1.29, 1.82) is 0 Å². The van der Waals surface area contributed by atoms with Crippen molar-refractivity contribution in [2.24, 2.45) is 5.41 Å². The summed E-state index contributed by atoms with van der Waals surface area (Å²) in [5, 5.41) is 19.6. The molecule has 2 aliphatic rings. The summed E-state index contributed by atoms with van der Waals surface area (Å²) in [5.74, 6) is 0.595. The number of nitro groups is 1. The third-order valence-electron chi connectivity index (χ3n) is 4.89. The number of non-ortho nitro benzene ring substituents is 1. The molecule has 0 bridgehead atoms. The minimum atomic E-state index is -0.520. The highest BCUT2D eigenvalue weighted by Gasteiger charge is 2.42. The first-order valence-electron chi connectivity index (χ1n) is 8.57. The number of rotatable bonds is 3. The van der Waals surface area contributed by atoms with Crippen molar-refractivity contribution < 1.29 is 9.72 Å². The Labute approximate surface area is 160 Å². The lowest BCUT2D eigenvalue weighted by Crippen LogP contribution is -2.36. The van der Waals surface area contributed by atoms with Crippen molar-refractivity contribution in [3.05, 3.63) is 51.2 Å². The highest BCUT2D eigenvalue weighted by Crippen LogP contribution is 2.45. The molecule has 9 heteroatoms. The molecule has 0 amide bonds. The van der Waals surface area contributed by atoms with Crippen LogP contribution in [0.4, 0.5) is 11.6 Å². The van der Waals surface area contributed by atoms with Crippen molar-refractivity contribution in [3.63, 3.8) is 0 Å². The number of allylic oxidation sites excluding steroid dienone is 2. The van der Waals surface area contributed by atoms with Crippen LogP contribution in [0.1, 0.15) is 38.3 Å². The van der Waals surface area contributed by atoms with Gasteiger partial charge in [0, 0.05) is 29.8 Å². The van der Waals surface area contributed by atoms with E-state index in [9.17, 15) is 14.9 Å². The molecule has 0 saturated carbocycles. The predicted octanol–water partition coefficient (Wildman–Crippen LogP) is 3.57. The van der Waals surface area contributed by atoms with E-state index in [1.165, 1.54) is 23.9 Å². The first-order valence-corrected chi connectivity index (χ1v) is 9.80. The average Bonchev–Trinajstić information content (AvgIpc) is 3.01. The van der Waals surface area contributed by atoms with Crippen LogP contribution in [-0.4, -0.2) is 31.7 Å². The number of ketones is 1. The van der Waals surface area contributed by atoms with Gasteiger partial charge >= 0.3 is 0 Å². The van der Waals surface area contributed by atoms with Crippen LogP contribution >= 0.6 is 11.8 Å². The SMILES string of the molecule is CSc1nc2n(n1)[C@H](c1cccc([N+](=O)[O-])c1)C1=C(CC(C)(C)CC1=O)N2. The highest BCUT2D eigenvalue weighted by atomic mass is 32.2. The molecule has 1 aliphatic carbocycles. The largest absolute Gasteiger partial charge is 0.328 e. The monoisotopic (exact) mass is 385 g/mol. The molecule has 0 radical (unpaired) electrons. The Morgan fingerprint density at radius 3 is 2.85 bits per heavy atom. The van der Waals surface area contributed by atoms with Crippen LogP contribution in [0.5, 0.6) is 0 Å². The third-order valence-corrected chi connectivity index (χ3v) is 5.43. The van der Waals surface area contributed by atoms with E-state index in [1.807, 2.05) is 6.26 Å². The standard InChI is InChI=1S/C18H19N5O3S/c1-18(2)8-12-14(13(24)9-18)15(10-5-4-6-11(7-10)23(25)26)22-16(19-12)20-17(21-22)27-3/h4-7,15H,8-9H2,1-3H3,(H,19,20,21)/t15-/m1/s1. The summed E-state index contributed by atoms with van der Waals surface area (Å²) < 4.78 is 1.67. The maximum atomic E-state index is 13.0. The van der Waals surface area contributed by atoms with E-state index in [-0.39, 0.29) is 16.9 Å². The van der Waals surface area contributed by atoms with E-state index in [0.717, 1.165) is 5.70 Å². The van der Waals surface area contributed by atoms with Gasteiger partial charge in [-0.15, -0.1) is 5.10 Å². The Kier molecular flexibility index (Phi) is 4.06. The fourth-order valence-corrected chi connectivity index (χ4v) is 4.14. The van der Waals surface area contributed by atoms with Crippen LogP contribution in [0, 0.1) is 15.5 Å². The van der Waals surface area contributed by atoms with Gasteiger partial charge in [0.15, 0.2) is 5.78 Å². The van der Waals surface area contributed by atoms with E-state index in [2.05, 4.69) is 29.2 Å². The van der Waals surface area contributed by atoms with Gasteiger partial charge in [-0.05, 0) is 23.7 Å². The summed E-state index contributed by atoms with van der Waals surface area (Å²) in [4.78, 5) is 28.3. The van der Waals surface area contributed by atoms with Crippen LogP contribution in [0.2, 0.25) is 0 Å². The van der Waals surface area contributed by atoms with Crippen molar-refractivity contribution in [2.75, 3.05) is 11.6 Å². The molecule has 1 aromatic heterocycles. The maximum Gasteiger partial charge on any atom is 0.269 e. The molecule has 1 atom stereocenters. The number of anilines is 1. The molecular weight excluding hydrogens is 366 g/mol. The van der Waals surface area contributed by atoms with Crippen molar-refractivity contribution >= 4 is 29.2 Å². The first-order chi connectivity index (χ1) is 12.8. The number of nitro benzene ring substituents is 1. The Balaban J connectivity index is 1.92. The molecule has 2 heterocycles. The number of hydrogen-bond acceptors (Lipinski definition) is 7. The number of thioether (sulfide) groups is 1. The molecule has 0 unspecified atom stereocenters. The average molecular weight is 385 g/mol. The van der Waals surface area contributed by atoms with E-state index in [1.54, 1.807) is 16.8 Å². The molecule has 27 heavy (non-hydrogen) atoms. The Morgan fingerprint density at radius 2 is 2.15 bits per heavy atom. The van der Waals surface area contributed by atoms with E-state index >= 15 is 0 Å². The van der Waals surface area contributed by atoms with E-state index in [4.69, 9.17) is 0 Å². The van der Waals surface area contributed by atoms with Gasteiger partial charge in [-0.3, -0.25) is 14.9 Å². The Morgan fingerprint density at radius 1 is 1.37 bits per heavy atom. The van der Waals surface area contributed by atoms with Gasteiger partial charge in [-0.25, -0.2) is 4.68 Å². The van der Waals surface area contributed by atoms with Gasteiger partial charge < -0.3 is 5.32 Å². The first kappa shape index (κ1) is 17.7. The fourth-order valence-electron chi connectivity index (χ4n) is 3.79. The molecular formula is C18H19N5O3S. The second-order valence-corrected chi connectivity index (χ2v) is 8.35. The van der Waals surface area contributed by atoms with Gasteiger partial charge in [-0.2, -0.15) is 4.98 Å². The van der Waals surface area contributed by atoms with Crippen LogP contribution in [0.3, 0.4) is 0 Å². The maximum absolute atomic E-state index is 13.0. The molecule has 0 fully saturated rings. The zero-order valence-corrected chi connectivity index (χ0v) is 16.0. The van der Waals surface area contributed by atoms with Crippen molar-refractivity contribution in [2.45, 2.75) is 37.9 Å². The molecule has 140 valence electrons. The number of Topliss-reactive ketones (excluding diaryl/α,β-unsaturated/α-hetero) is 1. The summed E-state index contributed by atoms with van der Waals surface area (Å²) in [6, 6.07) is 5.87. The molecule has 8 nitrogen and oxygen atoms in total. The second-order valence-electron chi connectivity index (χ2n) is 7.58. The predicted molar refractivity (Wildman–Crippen MR) is 102 cm³/mol. The molecule has 4 rings (SSSR count). The van der Waals surface area contributed by atoms with Crippen LogP contribution in [-0.2, 0) is 4.79 Å². The molecule has 1 aromatic carbocycles. The van der Waals surface area contributed by atoms with Crippen LogP contribution in [0.15, 0.2) is 40.7 Å². The van der Waals surface area contributed by atoms with Gasteiger partial charge in [0.2, 0.25) is 11.1 Å². The number of benzene rings is 1. The minimum absolute atomic E-state index is 0.0106. The summed E-state index contributed by atoms with van der Waals surface area (Å²) in [7, 11) is 0. The van der Waals surface area contributed by atoms with Crippen LogP contribution < -0.4 is 5.32 Å². The normalized spacial score (nSPS) is 20.7. The lowest BCUT2D eigenvalue weighted by Gasteiger charge is -2.38. The van der Waals surface area contributed by atoms with Gasteiger partial charge in [-0.1, -0.05) is 37.7 Å². The number of hydrogen-bond donors (Lipinski definition) is 1. The molecule has 1 aliphatic heterocycles. The quantitative estimate of drug-likeness (QED) is 0.489. The molecule has 1 N–H and O–H groups in total. The summed E-state index contributed by atoms with van der Waals surface area (Å²) in [5.41, 5.74) is 1.95. The van der Waals surface area contributed by atoms with E-state index < -0.39 is 11.0 Å². The summed E-state index contributed by atoms with van der Waals surface area (Å²) in [6.07, 6.45) is 3.02. The number of carbonyl (C=O) groups is 1. The van der Waals surface area contributed by atoms with E-state index in [0.29, 0.717) is 35.1 Å². The second kappa shape index (κ2) is 6.19. The lowest BCUT2D eigenvalue weighted by molar-refractivity contribution is -0.384. The van der Waals surface area contributed by atoms with Gasteiger partial charge in [0.05, 0.1) is 4.92 Å². The zero-order valence-electron chi connectivity index (χ0n) is 15.2. The number of nitrogens with zero attached hydrogens (tertiary/aromatic N) is 4. The van der Waals surface area contributed by atoms with Gasteiger partial charge in [0.1, 0.15) is 6.04 Å². The Bertz CT molecular complexity index is 995. The van der Waals surface area contributed by atoms with Crippen molar-refractivity contribution in [1.82, 2.24) is 14.8 Å². The zero-order chi connectivity index (χ0) is 19.3. The molecule has 0 spiro atoms. The number of nitrogens with one attached hydrogen (secondary N) is 1. The number of aromatic nitrogens is 3. The molecule has 0 saturated heterocycles. The number of carbonyl (C=O) groups excluding carboxylic acids is 1. The highest BCUT2D eigenvalue weighted by molar-refractivity contribution is 7.98. The number of fused-ring (bicyclic) bond motifs is 1. The Hall–Kier alpha value is -2.68. The molecule has 2 aromatic rings. The third kappa shape index (κ3) is 3.01. The lowest BCUT2D eigenvalue weighted by atomic mass is 9.73. The summed E-state index contributed by atoms with van der Waals surface area (Å²) >= 11 is 1.41. The summed E-state index contributed by atoms with van der Waals surface area (Å²) in [6.45, 7) is 4.12. The minimum Gasteiger partial charge on any atom is -0.328 e. The smallest absolute Gasteiger partial charge is 0.269 e.